The molecule has 0 saturated carbocycles. The summed E-state index contributed by atoms with van der Waals surface area (Å²) in [5, 5.41) is 10.1. The maximum absolute atomic E-state index is 11.4. The van der Waals surface area contributed by atoms with Gasteiger partial charge in [0.2, 0.25) is 0 Å². The van der Waals surface area contributed by atoms with Gasteiger partial charge >= 0.3 is 6.03 Å². The lowest BCUT2D eigenvalue weighted by atomic mass is 10.0. The van der Waals surface area contributed by atoms with Gasteiger partial charge in [0.1, 0.15) is 4.84 Å². The maximum Gasteiger partial charge on any atom is 0.344 e. The second kappa shape index (κ2) is 3.19. The Morgan fingerprint density at radius 1 is 1.46 bits per heavy atom. The summed E-state index contributed by atoms with van der Waals surface area (Å²) < 4.78 is 0. The van der Waals surface area contributed by atoms with Crippen molar-refractivity contribution in [2.24, 2.45) is 0 Å². The maximum atomic E-state index is 11.4. The Balaban J connectivity index is 2.17. The van der Waals surface area contributed by atoms with Gasteiger partial charge in [-0.15, -0.1) is 23.2 Å². The summed E-state index contributed by atoms with van der Waals surface area (Å²) in [4.78, 5) is 12.4. The first-order valence-corrected chi connectivity index (χ1v) is 5.05. The van der Waals surface area contributed by atoms with E-state index < -0.39 is 4.84 Å². The zero-order chi connectivity index (χ0) is 9.59. The van der Waals surface area contributed by atoms with Crippen molar-refractivity contribution in [2.75, 3.05) is 6.54 Å². The highest BCUT2D eigenvalue weighted by Crippen LogP contribution is 2.32. The highest BCUT2D eigenvalue weighted by molar-refractivity contribution is 6.44. The number of urea groups is 1. The third-order valence-corrected chi connectivity index (χ3v) is 3.26. The average molecular weight is 225 g/mol. The summed E-state index contributed by atoms with van der Waals surface area (Å²) in [6.45, 7) is 0.538. The number of alkyl halides is 2. The monoisotopic (exact) mass is 224 g/mol. The molecule has 6 heteroatoms. The minimum absolute atomic E-state index is 0.0733. The minimum atomic E-state index is -0.573. The van der Waals surface area contributed by atoms with Gasteiger partial charge in [-0.3, -0.25) is 5.21 Å². The van der Waals surface area contributed by atoms with Gasteiger partial charge in [-0.25, -0.2) is 9.86 Å². The van der Waals surface area contributed by atoms with Crippen molar-refractivity contribution in [2.45, 2.75) is 29.8 Å². The molecule has 2 aliphatic heterocycles. The minimum Gasteiger partial charge on any atom is -0.315 e. The van der Waals surface area contributed by atoms with E-state index in [1.165, 1.54) is 0 Å². The number of hydrogen-bond acceptors (Lipinski definition) is 2. The van der Waals surface area contributed by atoms with Gasteiger partial charge in [-0.05, 0) is 12.8 Å². The van der Waals surface area contributed by atoms with Gasteiger partial charge in [0.25, 0.3) is 0 Å². The Hall–Kier alpha value is -0.190. The van der Waals surface area contributed by atoms with Crippen molar-refractivity contribution < 1.29 is 10.0 Å². The molecule has 2 bridgehead atoms. The van der Waals surface area contributed by atoms with E-state index in [2.05, 4.69) is 0 Å². The van der Waals surface area contributed by atoms with Gasteiger partial charge in [-0.1, -0.05) is 0 Å². The summed E-state index contributed by atoms with van der Waals surface area (Å²) in [6.07, 6.45) is 1.52. The average Bonchev–Trinajstić information content (AvgIpc) is 2.32. The third kappa shape index (κ3) is 1.37. The number of piperidine rings is 1. The molecule has 0 aromatic heterocycles. The van der Waals surface area contributed by atoms with Crippen LogP contribution < -0.4 is 0 Å². The summed E-state index contributed by atoms with van der Waals surface area (Å²) in [6, 6.07) is -0.598. The van der Waals surface area contributed by atoms with E-state index in [0.29, 0.717) is 6.54 Å². The summed E-state index contributed by atoms with van der Waals surface area (Å²) in [5.41, 5.74) is 0. The predicted molar refractivity (Wildman–Crippen MR) is 48.0 cm³/mol. The van der Waals surface area contributed by atoms with Crippen molar-refractivity contribution in [3.05, 3.63) is 0 Å². The highest BCUT2D eigenvalue weighted by Gasteiger charge is 2.45. The Morgan fingerprint density at radius 2 is 2.15 bits per heavy atom. The van der Waals surface area contributed by atoms with E-state index in [1.54, 1.807) is 4.90 Å². The molecule has 2 fully saturated rings. The molecular weight excluding hydrogens is 215 g/mol. The Morgan fingerprint density at radius 3 is 2.77 bits per heavy atom. The fourth-order valence-corrected chi connectivity index (χ4v) is 2.47. The molecule has 0 spiro atoms. The van der Waals surface area contributed by atoms with Crippen LogP contribution in [0, 0.1) is 0 Å². The first-order valence-electron chi connectivity index (χ1n) is 4.18. The van der Waals surface area contributed by atoms with Crippen LogP contribution >= 0.6 is 23.2 Å². The zero-order valence-electron chi connectivity index (χ0n) is 6.86. The number of carbonyl (C=O) groups is 1. The molecule has 2 aliphatic rings. The van der Waals surface area contributed by atoms with Gasteiger partial charge < -0.3 is 4.90 Å². The largest absolute Gasteiger partial charge is 0.344 e. The summed E-state index contributed by atoms with van der Waals surface area (Å²) in [5.74, 6) is 0. The Kier molecular flexibility index (Phi) is 2.30. The molecule has 13 heavy (non-hydrogen) atoms. The van der Waals surface area contributed by atoms with Crippen LogP contribution in [0.5, 0.6) is 0 Å². The second-order valence-corrected chi connectivity index (χ2v) is 4.58. The second-order valence-electron chi connectivity index (χ2n) is 3.41. The molecule has 0 aromatic carbocycles. The number of fused-ring (bicyclic) bond motifs is 2. The number of hydrogen-bond donors (Lipinski definition) is 1. The molecule has 0 unspecified atom stereocenters. The van der Waals surface area contributed by atoms with E-state index in [9.17, 15) is 10.0 Å². The fourth-order valence-electron chi connectivity index (χ4n) is 1.94. The number of hydroxylamine groups is 2. The zero-order valence-corrected chi connectivity index (χ0v) is 8.37. The van der Waals surface area contributed by atoms with Gasteiger partial charge in [-0.2, -0.15) is 0 Å². The first kappa shape index (κ1) is 9.37. The molecule has 2 atom stereocenters. The van der Waals surface area contributed by atoms with Gasteiger partial charge in [0.05, 0.1) is 12.1 Å². The molecule has 4 nitrogen and oxygen atoms in total. The number of amides is 2. The van der Waals surface area contributed by atoms with Crippen LogP contribution in [0.25, 0.3) is 0 Å². The van der Waals surface area contributed by atoms with Gasteiger partial charge in [0, 0.05) is 6.54 Å². The molecular formula is C7H10Cl2N2O2. The molecule has 0 radical (unpaired) electrons. The van der Waals surface area contributed by atoms with E-state index in [0.717, 1.165) is 17.9 Å². The predicted octanol–water partition coefficient (Wildman–Crippen LogP) is 1.45. The fraction of sp³-hybridized carbons (Fsp3) is 0.857. The van der Waals surface area contributed by atoms with Crippen LogP contribution in [0.3, 0.4) is 0 Å². The lowest BCUT2D eigenvalue weighted by Gasteiger charge is -2.30. The van der Waals surface area contributed by atoms with E-state index in [-0.39, 0.29) is 18.1 Å². The topological polar surface area (TPSA) is 43.8 Å². The molecule has 0 aromatic rings. The third-order valence-electron chi connectivity index (χ3n) is 2.68. The SMILES string of the molecule is O=C1N(O)[C@@H]2CC[C@@H](C(Cl)Cl)N1C2. The van der Waals surface area contributed by atoms with E-state index in [1.807, 2.05) is 0 Å². The van der Waals surface area contributed by atoms with Crippen molar-refractivity contribution in [3.63, 3.8) is 0 Å². The molecule has 2 saturated heterocycles. The molecule has 2 rings (SSSR count). The highest BCUT2D eigenvalue weighted by atomic mass is 35.5. The molecule has 1 N–H and O–H groups in total. The van der Waals surface area contributed by atoms with E-state index in [4.69, 9.17) is 23.2 Å². The standard InChI is InChI=1S/C7H10Cl2N2O2/c8-6(9)5-2-1-4-3-10(5)7(12)11(4)13/h4-6,13H,1-3H2/t4-,5+/m1/s1. The summed E-state index contributed by atoms with van der Waals surface area (Å²) in [7, 11) is 0. The molecule has 2 heterocycles. The van der Waals surface area contributed by atoms with Gasteiger partial charge in [0.15, 0.2) is 0 Å². The Bertz CT molecular complexity index is 237. The Labute approximate surface area is 86.0 Å². The molecule has 2 amide bonds. The number of halogens is 2. The van der Waals surface area contributed by atoms with Crippen LogP contribution in [0.1, 0.15) is 12.8 Å². The van der Waals surface area contributed by atoms with Crippen LogP contribution in [0.15, 0.2) is 0 Å². The van der Waals surface area contributed by atoms with Crippen molar-refractivity contribution in [1.29, 1.82) is 0 Å². The van der Waals surface area contributed by atoms with Crippen molar-refractivity contribution in [3.8, 4) is 0 Å². The van der Waals surface area contributed by atoms with Crippen LogP contribution in [0.2, 0.25) is 0 Å². The smallest absolute Gasteiger partial charge is 0.315 e. The number of rotatable bonds is 1. The summed E-state index contributed by atoms with van der Waals surface area (Å²) >= 11 is 11.5. The van der Waals surface area contributed by atoms with Crippen molar-refractivity contribution >= 4 is 29.2 Å². The first-order chi connectivity index (χ1) is 6.11. The van der Waals surface area contributed by atoms with E-state index >= 15 is 0 Å². The van der Waals surface area contributed by atoms with Crippen LogP contribution in [0.4, 0.5) is 4.79 Å². The lowest BCUT2D eigenvalue weighted by molar-refractivity contribution is -0.0583. The lowest BCUT2D eigenvalue weighted by Crippen LogP contribution is -2.43. The quantitative estimate of drug-likeness (QED) is 0.542. The van der Waals surface area contributed by atoms with Crippen molar-refractivity contribution in [1.82, 2.24) is 9.96 Å². The number of nitrogens with zero attached hydrogens (tertiary/aromatic N) is 2. The normalized spacial score (nSPS) is 33.4. The molecule has 74 valence electrons. The number of carbonyl (C=O) groups excluding carboxylic acids is 1. The van der Waals surface area contributed by atoms with Crippen LogP contribution in [-0.4, -0.2) is 44.7 Å². The van der Waals surface area contributed by atoms with Crippen LogP contribution in [-0.2, 0) is 0 Å². The molecule has 0 aliphatic carbocycles.